The monoisotopic (exact) mass is 332 g/mol. The van der Waals surface area contributed by atoms with E-state index in [-0.39, 0.29) is 16.2 Å². The number of pyridine rings is 1. The third-order valence-electron chi connectivity index (χ3n) is 3.40. The van der Waals surface area contributed by atoms with Crippen LogP contribution in [0.15, 0.2) is 23.2 Å². The molecule has 118 valence electrons. The van der Waals surface area contributed by atoms with Gasteiger partial charge in [-0.25, -0.2) is 13.4 Å². The van der Waals surface area contributed by atoms with Crippen molar-refractivity contribution >= 4 is 21.6 Å². The van der Waals surface area contributed by atoms with Gasteiger partial charge in [0.15, 0.2) is 0 Å². The fourth-order valence-corrected chi connectivity index (χ4v) is 3.76. The fraction of sp³-hybridized carbons (Fsp3) is 0.643. The summed E-state index contributed by atoms with van der Waals surface area (Å²) in [4.78, 5) is 4.03. The number of hydrogen-bond acceptors (Lipinski definition) is 4. The largest absolute Gasteiger partial charge is 0.378 e. The molecule has 7 heteroatoms. The highest BCUT2D eigenvalue weighted by atomic mass is 35.5. The maximum atomic E-state index is 12.5. The third kappa shape index (κ3) is 4.39. The molecule has 2 heterocycles. The van der Waals surface area contributed by atoms with Crippen LogP contribution in [0.3, 0.4) is 0 Å². The summed E-state index contributed by atoms with van der Waals surface area (Å²) in [5, 5.41) is 0.287. The summed E-state index contributed by atoms with van der Waals surface area (Å²) in [7, 11) is -3.48. The number of ether oxygens (including phenoxy) is 1. The standard InChI is InChI=1S/C14H21ClN2O3S/c1-11(2)10-20-12-5-7-17(8-6-12)21(18,19)13-3-4-14(15)16-9-13/h3-4,9,11-12H,5-8,10H2,1-2H3. The van der Waals surface area contributed by atoms with E-state index >= 15 is 0 Å². The summed E-state index contributed by atoms with van der Waals surface area (Å²) in [6.45, 7) is 5.89. The molecule has 0 unspecified atom stereocenters. The van der Waals surface area contributed by atoms with E-state index < -0.39 is 10.0 Å². The van der Waals surface area contributed by atoms with Gasteiger partial charge in [0.1, 0.15) is 10.0 Å². The average molecular weight is 333 g/mol. The van der Waals surface area contributed by atoms with Gasteiger partial charge in [0.25, 0.3) is 0 Å². The molecule has 0 N–H and O–H groups in total. The van der Waals surface area contributed by atoms with Crippen LogP contribution >= 0.6 is 11.6 Å². The molecule has 0 spiro atoms. The maximum absolute atomic E-state index is 12.5. The summed E-state index contributed by atoms with van der Waals surface area (Å²) in [5.41, 5.74) is 0. The first-order valence-electron chi connectivity index (χ1n) is 7.13. The van der Waals surface area contributed by atoms with Crippen LogP contribution in [-0.4, -0.2) is 43.5 Å². The Labute approximate surface area is 131 Å². The van der Waals surface area contributed by atoms with Crippen molar-refractivity contribution in [1.29, 1.82) is 0 Å². The zero-order valence-corrected chi connectivity index (χ0v) is 13.9. The highest BCUT2D eigenvalue weighted by Gasteiger charge is 2.29. The summed E-state index contributed by atoms with van der Waals surface area (Å²) in [6.07, 6.45) is 2.92. The minimum atomic E-state index is -3.48. The van der Waals surface area contributed by atoms with E-state index in [0.29, 0.717) is 19.0 Å². The van der Waals surface area contributed by atoms with E-state index in [0.717, 1.165) is 19.4 Å². The second-order valence-electron chi connectivity index (χ2n) is 5.65. The van der Waals surface area contributed by atoms with Gasteiger partial charge in [-0.15, -0.1) is 0 Å². The molecule has 21 heavy (non-hydrogen) atoms. The van der Waals surface area contributed by atoms with Gasteiger partial charge in [-0.05, 0) is 30.9 Å². The van der Waals surface area contributed by atoms with Gasteiger partial charge in [-0.2, -0.15) is 4.31 Å². The van der Waals surface area contributed by atoms with Crippen molar-refractivity contribution in [3.05, 3.63) is 23.5 Å². The molecule has 0 aromatic carbocycles. The molecule has 1 aromatic rings. The van der Waals surface area contributed by atoms with Gasteiger partial charge < -0.3 is 4.74 Å². The number of aromatic nitrogens is 1. The van der Waals surface area contributed by atoms with Gasteiger partial charge in [-0.1, -0.05) is 25.4 Å². The second-order valence-corrected chi connectivity index (χ2v) is 7.97. The van der Waals surface area contributed by atoms with Crippen LogP contribution in [0.4, 0.5) is 0 Å². The molecule has 1 aliphatic heterocycles. The minimum Gasteiger partial charge on any atom is -0.378 e. The van der Waals surface area contributed by atoms with Crippen molar-refractivity contribution in [3.63, 3.8) is 0 Å². The third-order valence-corrected chi connectivity index (χ3v) is 5.51. The molecule has 1 fully saturated rings. The molecule has 5 nitrogen and oxygen atoms in total. The number of halogens is 1. The first-order chi connectivity index (χ1) is 9.89. The minimum absolute atomic E-state index is 0.155. The van der Waals surface area contributed by atoms with Gasteiger partial charge in [0.05, 0.1) is 6.10 Å². The molecule has 0 amide bonds. The Morgan fingerprint density at radius 3 is 2.57 bits per heavy atom. The molecule has 1 aliphatic rings. The Bertz CT molecular complexity index is 552. The Balaban J connectivity index is 1.96. The molecular formula is C14H21ClN2O3S. The van der Waals surface area contributed by atoms with Crippen LogP contribution in [0.2, 0.25) is 5.15 Å². The molecule has 0 bridgehead atoms. The SMILES string of the molecule is CC(C)COC1CCN(S(=O)(=O)c2ccc(Cl)nc2)CC1. The molecule has 1 saturated heterocycles. The lowest BCUT2D eigenvalue weighted by Gasteiger charge is -2.31. The highest BCUT2D eigenvalue weighted by Crippen LogP contribution is 2.22. The van der Waals surface area contributed by atoms with Crippen LogP contribution in [0, 0.1) is 5.92 Å². The Hall–Kier alpha value is -0.690. The molecule has 0 radical (unpaired) electrons. The molecule has 2 rings (SSSR count). The van der Waals surface area contributed by atoms with E-state index in [2.05, 4.69) is 18.8 Å². The fourth-order valence-electron chi connectivity index (χ4n) is 2.23. The molecule has 0 atom stereocenters. The van der Waals surface area contributed by atoms with Crippen molar-refractivity contribution < 1.29 is 13.2 Å². The predicted molar refractivity (Wildman–Crippen MR) is 81.8 cm³/mol. The van der Waals surface area contributed by atoms with Crippen LogP contribution in [-0.2, 0) is 14.8 Å². The van der Waals surface area contributed by atoms with Crippen molar-refractivity contribution in [2.24, 2.45) is 5.92 Å². The zero-order chi connectivity index (χ0) is 15.5. The van der Waals surface area contributed by atoms with E-state index in [4.69, 9.17) is 16.3 Å². The Morgan fingerprint density at radius 1 is 1.38 bits per heavy atom. The maximum Gasteiger partial charge on any atom is 0.244 e. The summed E-state index contributed by atoms with van der Waals surface area (Å²) < 4.78 is 32.2. The van der Waals surface area contributed by atoms with Gasteiger partial charge in [-0.3, -0.25) is 0 Å². The van der Waals surface area contributed by atoms with Crippen LogP contribution in [0.5, 0.6) is 0 Å². The highest BCUT2D eigenvalue weighted by molar-refractivity contribution is 7.89. The Kier molecular flexibility index (Phi) is 5.60. The number of sulfonamides is 1. The van der Waals surface area contributed by atoms with E-state index in [9.17, 15) is 8.42 Å². The van der Waals surface area contributed by atoms with Crippen molar-refractivity contribution in [3.8, 4) is 0 Å². The number of piperidine rings is 1. The van der Waals surface area contributed by atoms with Crippen LogP contribution < -0.4 is 0 Å². The average Bonchev–Trinajstić information content (AvgIpc) is 2.46. The first-order valence-corrected chi connectivity index (χ1v) is 8.94. The van der Waals surface area contributed by atoms with Gasteiger partial charge in [0, 0.05) is 25.9 Å². The number of nitrogens with zero attached hydrogens (tertiary/aromatic N) is 2. The molecule has 0 saturated carbocycles. The van der Waals surface area contributed by atoms with E-state index in [1.54, 1.807) is 0 Å². The lowest BCUT2D eigenvalue weighted by molar-refractivity contribution is 0.00748. The second kappa shape index (κ2) is 7.05. The Morgan fingerprint density at radius 2 is 2.05 bits per heavy atom. The zero-order valence-electron chi connectivity index (χ0n) is 12.3. The molecular weight excluding hydrogens is 312 g/mol. The van der Waals surface area contributed by atoms with Gasteiger partial charge in [0.2, 0.25) is 10.0 Å². The molecule has 0 aliphatic carbocycles. The topological polar surface area (TPSA) is 59.5 Å². The van der Waals surface area contributed by atoms with Crippen molar-refractivity contribution in [1.82, 2.24) is 9.29 Å². The van der Waals surface area contributed by atoms with Crippen molar-refractivity contribution in [2.75, 3.05) is 19.7 Å². The van der Waals surface area contributed by atoms with Crippen LogP contribution in [0.25, 0.3) is 0 Å². The first kappa shape index (κ1) is 16.7. The lowest BCUT2D eigenvalue weighted by atomic mass is 10.1. The number of rotatable bonds is 5. The van der Waals surface area contributed by atoms with E-state index in [1.807, 2.05) is 0 Å². The summed E-state index contributed by atoms with van der Waals surface area (Å²) in [5.74, 6) is 0.493. The summed E-state index contributed by atoms with van der Waals surface area (Å²) >= 11 is 5.69. The van der Waals surface area contributed by atoms with E-state index in [1.165, 1.54) is 22.6 Å². The van der Waals surface area contributed by atoms with Crippen molar-refractivity contribution in [2.45, 2.75) is 37.7 Å². The number of hydrogen-bond donors (Lipinski definition) is 0. The normalized spacial score (nSPS) is 18.3. The lowest BCUT2D eigenvalue weighted by Crippen LogP contribution is -2.41. The smallest absolute Gasteiger partial charge is 0.244 e. The quantitative estimate of drug-likeness (QED) is 0.777. The summed E-state index contributed by atoms with van der Waals surface area (Å²) in [6, 6.07) is 2.99. The predicted octanol–water partition coefficient (Wildman–Crippen LogP) is 2.56. The van der Waals surface area contributed by atoms with Gasteiger partial charge >= 0.3 is 0 Å². The molecule has 1 aromatic heterocycles. The van der Waals surface area contributed by atoms with Crippen LogP contribution in [0.1, 0.15) is 26.7 Å².